The Kier molecular flexibility index (Phi) is 5.10. The molecule has 0 fully saturated rings. The highest BCUT2D eigenvalue weighted by Gasteiger charge is 2.18. The van der Waals surface area contributed by atoms with Crippen molar-refractivity contribution in [1.82, 2.24) is 9.88 Å². The van der Waals surface area contributed by atoms with Crippen LogP contribution in [0.25, 0.3) is 0 Å². The van der Waals surface area contributed by atoms with Gasteiger partial charge in [-0.15, -0.1) is 0 Å². The highest BCUT2D eigenvalue weighted by atomic mass is 19.1. The van der Waals surface area contributed by atoms with Crippen molar-refractivity contribution in [1.29, 1.82) is 0 Å². The summed E-state index contributed by atoms with van der Waals surface area (Å²) in [6.07, 6.45) is 1.92. The van der Waals surface area contributed by atoms with E-state index in [1.165, 1.54) is 10.6 Å². The number of aromatic nitrogens is 1. The number of benzene rings is 1. The number of aryl methyl sites for hydroxylation is 1. The summed E-state index contributed by atoms with van der Waals surface area (Å²) in [5.74, 6) is -1.19. The Labute approximate surface area is 131 Å². The minimum atomic E-state index is -0.710. The molecule has 2 amide bonds. The molecule has 0 aliphatic heterocycles. The van der Waals surface area contributed by atoms with Crippen molar-refractivity contribution < 1.29 is 13.6 Å². The lowest BCUT2D eigenvalue weighted by molar-refractivity contribution is 0.248. The Morgan fingerprint density at radius 1 is 1.30 bits per heavy atom. The van der Waals surface area contributed by atoms with E-state index in [2.05, 4.69) is 10.6 Å². The molecule has 2 rings (SSSR count). The fourth-order valence-corrected chi connectivity index (χ4v) is 2.19. The number of pyridine rings is 1. The van der Waals surface area contributed by atoms with E-state index in [9.17, 15) is 18.4 Å². The van der Waals surface area contributed by atoms with E-state index in [-0.39, 0.29) is 16.8 Å². The molecule has 0 saturated heterocycles. The van der Waals surface area contributed by atoms with Gasteiger partial charge in [0.05, 0.1) is 6.04 Å². The summed E-state index contributed by atoms with van der Waals surface area (Å²) < 4.78 is 28.4. The maximum Gasteiger partial charge on any atom is 0.319 e. The fourth-order valence-electron chi connectivity index (χ4n) is 2.19. The minimum Gasteiger partial charge on any atom is -0.331 e. The Morgan fingerprint density at radius 3 is 2.74 bits per heavy atom. The van der Waals surface area contributed by atoms with Crippen molar-refractivity contribution in [2.75, 3.05) is 5.32 Å². The summed E-state index contributed by atoms with van der Waals surface area (Å²) in [6, 6.07) is 4.78. The van der Waals surface area contributed by atoms with Crippen molar-refractivity contribution in [3.63, 3.8) is 0 Å². The van der Waals surface area contributed by atoms with Crippen LogP contribution in [0.2, 0.25) is 0 Å². The summed E-state index contributed by atoms with van der Waals surface area (Å²) in [4.78, 5) is 23.9. The van der Waals surface area contributed by atoms with Crippen LogP contribution in [-0.2, 0) is 7.05 Å². The second kappa shape index (κ2) is 7.04. The van der Waals surface area contributed by atoms with E-state index in [0.29, 0.717) is 6.42 Å². The minimum absolute atomic E-state index is 0.0589. The van der Waals surface area contributed by atoms with E-state index in [4.69, 9.17) is 0 Å². The van der Waals surface area contributed by atoms with Crippen molar-refractivity contribution >= 4 is 11.7 Å². The first-order valence-corrected chi connectivity index (χ1v) is 7.10. The number of rotatable bonds is 4. The van der Waals surface area contributed by atoms with Gasteiger partial charge < -0.3 is 15.2 Å². The molecule has 5 nitrogen and oxygen atoms in total. The molecule has 2 aromatic rings. The van der Waals surface area contributed by atoms with E-state index < -0.39 is 23.7 Å². The monoisotopic (exact) mass is 321 g/mol. The molecular weight excluding hydrogens is 304 g/mol. The van der Waals surface area contributed by atoms with Gasteiger partial charge in [-0.05, 0) is 36.8 Å². The maximum atomic E-state index is 13.8. The van der Waals surface area contributed by atoms with Crippen LogP contribution in [0.15, 0.2) is 41.3 Å². The summed E-state index contributed by atoms with van der Waals surface area (Å²) in [6.45, 7) is 1.73. The van der Waals surface area contributed by atoms with Crippen molar-refractivity contribution in [2.24, 2.45) is 7.05 Å². The predicted molar refractivity (Wildman–Crippen MR) is 83.2 cm³/mol. The molecule has 1 aromatic carbocycles. The topological polar surface area (TPSA) is 63.1 Å². The molecule has 0 radical (unpaired) electrons. The largest absolute Gasteiger partial charge is 0.331 e. The number of hydrogen-bond acceptors (Lipinski definition) is 2. The standard InChI is InChI=1S/C16H17F2N3O2/c1-3-13(11-9-10(17)6-7-12(11)18)19-16(23)20-14-5-4-8-21(2)15(14)22/h4-9,13H,3H2,1-2H3,(H2,19,20,23). The smallest absolute Gasteiger partial charge is 0.319 e. The average Bonchev–Trinajstić information content (AvgIpc) is 2.52. The highest BCUT2D eigenvalue weighted by molar-refractivity contribution is 5.89. The molecule has 0 aliphatic rings. The van der Waals surface area contributed by atoms with Gasteiger partial charge in [-0.1, -0.05) is 6.92 Å². The van der Waals surface area contributed by atoms with Gasteiger partial charge in [-0.25, -0.2) is 13.6 Å². The summed E-state index contributed by atoms with van der Waals surface area (Å²) >= 11 is 0. The summed E-state index contributed by atoms with van der Waals surface area (Å²) in [7, 11) is 1.56. The molecule has 1 atom stereocenters. The van der Waals surface area contributed by atoms with Crippen molar-refractivity contribution in [2.45, 2.75) is 19.4 Å². The van der Waals surface area contributed by atoms with Crippen LogP contribution in [0.4, 0.5) is 19.3 Å². The number of hydrogen-bond donors (Lipinski definition) is 2. The first-order chi connectivity index (χ1) is 10.9. The Bertz CT molecular complexity index is 774. The van der Waals surface area contributed by atoms with Crippen LogP contribution in [0, 0.1) is 11.6 Å². The Balaban J connectivity index is 2.15. The van der Waals surface area contributed by atoms with Gasteiger partial charge in [0.2, 0.25) is 0 Å². The number of amides is 2. The van der Waals surface area contributed by atoms with Crippen LogP contribution < -0.4 is 16.2 Å². The zero-order valence-electron chi connectivity index (χ0n) is 12.8. The molecule has 1 aromatic heterocycles. The lowest BCUT2D eigenvalue weighted by Gasteiger charge is -2.18. The lowest BCUT2D eigenvalue weighted by atomic mass is 10.0. The third-order valence-electron chi connectivity index (χ3n) is 3.42. The molecule has 0 bridgehead atoms. The quantitative estimate of drug-likeness (QED) is 0.909. The second-order valence-corrected chi connectivity index (χ2v) is 5.06. The maximum absolute atomic E-state index is 13.8. The molecular formula is C16H17F2N3O2. The molecule has 0 spiro atoms. The average molecular weight is 321 g/mol. The molecule has 1 unspecified atom stereocenters. The third kappa shape index (κ3) is 3.94. The van der Waals surface area contributed by atoms with Gasteiger partial charge >= 0.3 is 6.03 Å². The number of carbonyl (C=O) groups excluding carboxylic acids is 1. The normalized spacial score (nSPS) is 11.8. The van der Waals surface area contributed by atoms with Crippen LogP contribution in [0.3, 0.4) is 0 Å². The van der Waals surface area contributed by atoms with Gasteiger partial charge in [-0.2, -0.15) is 0 Å². The second-order valence-electron chi connectivity index (χ2n) is 5.06. The van der Waals surface area contributed by atoms with Crippen LogP contribution >= 0.6 is 0 Å². The number of nitrogens with zero attached hydrogens (tertiary/aromatic N) is 1. The molecule has 122 valence electrons. The van der Waals surface area contributed by atoms with Gasteiger partial charge in [0, 0.05) is 18.8 Å². The van der Waals surface area contributed by atoms with E-state index in [1.54, 1.807) is 26.2 Å². The summed E-state index contributed by atoms with van der Waals surface area (Å²) in [5.41, 5.74) is -0.210. The van der Waals surface area contributed by atoms with Gasteiger partial charge in [0.1, 0.15) is 17.3 Å². The number of urea groups is 1. The zero-order chi connectivity index (χ0) is 17.0. The zero-order valence-corrected chi connectivity index (χ0v) is 12.8. The molecule has 2 N–H and O–H groups in total. The van der Waals surface area contributed by atoms with Crippen LogP contribution in [0.1, 0.15) is 24.9 Å². The van der Waals surface area contributed by atoms with E-state index in [1.807, 2.05) is 0 Å². The van der Waals surface area contributed by atoms with Crippen LogP contribution in [0.5, 0.6) is 0 Å². The first kappa shape index (κ1) is 16.7. The molecule has 0 aliphatic carbocycles. The van der Waals surface area contributed by atoms with E-state index in [0.717, 1.165) is 18.2 Å². The van der Waals surface area contributed by atoms with Crippen molar-refractivity contribution in [3.8, 4) is 0 Å². The SMILES string of the molecule is CCC(NC(=O)Nc1cccn(C)c1=O)c1cc(F)ccc1F. The molecule has 7 heteroatoms. The number of nitrogens with one attached hydrogen (secondary N) is 2. The number of anilines is 1. The Morgan fingerprint density at radius 2 is 2.04 bits per heavy atom. The van der Waals surface area contributed by atoms with Gasteiger partial charge in [0.25, 0.3) is 5.56 Å². The first-order valence-electron chi connectivity index (χ1n) is 7.10. The van der Waals surface area contributed by atoms with Crippen LogP contribution in [-0.4, -0.2) is 10.6 Å². The highest BCUT2D eigenvalue weighted by Crippen LogP contribution is 2.21. The summed E-state index contributed by atoms with van der Waals surface area (Å²) in [5, 5.41) is 4.96. The van der Waals surface area contributed by atoms with Gasteiger partial charge in [-0.3, -0.25) is 4.79 Å². The van der Waals surface area contributed by atoms with Gasteiger partial charge in [0.15, 0.2) is 0 Å². The van der Waals surface area contributed by atoms with E-state index >= 15 is 0 Å². The number of carbonyl (C=O) groups is 1. The fraction of sp³-hybridized carbons (Fsp3) is 0.250. The number of halogens is 2. The lowest BCUT2D eigenvalue weighted by Crippen LogP contribution is -2.35. The predicted octanol–water partition coefficient (Wildman–Crippen LogP) is 2.94. The van der Waals surface area contributed by atoms with Crippen molar-refractivity contribution in [3.05, 3.63) is 64.1 Å². The third-order valence-corrected chi connectivity index (χ3v) is 3.42. The molecule has 0 saturated carbocycles. The Hall–Kier alpha value is -2.70. The molecule has 23 heavy (non-hydrogen) atoms. The molecule has 1 heterocycles.